The summed E-state index contributed by atoms with van der Waals surface area (Å²) >= 11 is 0. The Labute approximate surface area is 182 Å². The number of rotatable bonds is 10. The van der Waals surface area contributed by atoms with Crippen molar-refractivity contribution in [1.29, 1.82) is 0 Å². The lowest BCUT2D eigenvalue weighted by molar-refractivity contribution is 0.284. The Hall–Kier alpha value is -3.52. The highest BCUT2D eigenvalue weighted by Gasteiger charge is 2.12. The Kier molecular flexibility index (Phi) is 7.50. The lowest BCUT2D eigenvalue weighted by Crippen LogP contribution is -2.18. The minimum atomic E-state index is -3.78. The van der Waals surface area contributed by atoms with Crippen molar-refractivity contribution in [3.05, 3.63) is 83.9 Å². The second-order valence-electron chi connectivity index (χ2n) is 6.44. The third kappa shape index (κ3) is 6.23. The Morgan fingerprint density at radius 3 is 2.35 bits per heavy atom. The SMILES string of the molecule is CCOc1ccc(S(=O)(=O)NN=Cc2ccc(OCc3ccccc3)c(OC)c2)cc1. The third-order valence-corrected chi connectivity index (χ3v) is 5.49. The standard InChI is InChI=1S/C23H24N2O5S/c1-3-29-20-10-12-21(13-11-20)31(26,27)25-24-16-19-9-14-22(23(15-19)28-2)30-17-18-7-5-4-6-8-18/h4-16,25H,3,17H2,1-2H3. The summed E-state index contributed by atoms with van der Waals surface area (Å²) in [5.74, 6) is 1.71. The van der Waals surface area contributed by atoms with Gasteiger partial charge in [-0.2, -0.15) is 13.5 Å². The molecule has 0 saturated carbocycles. The molecule has 7 nitrogen and oxygen atoms in total. The Morgan fingerprint density at radius 2 is 1.68 bits per heavy atom. The van der Waals surface area contributed by atoms with Crippen LogP contribution >= 0.6 is 0 Å². The van der Waals surface area contributed by atoms with Crippen LogP contribution < -0.4 is 19.0 Å². The van der Waals surface area contributed by atoms with Crippen molar-refractivity contribution in [3.63, 3.8) is 0 Å². The average molecular weight is 441 g/mol. The van der Waals surface area contributed by atoms with Crippen molar-refractivity contribution < 1.29 is 22.6 Å². The maximum Gasteiger partial charge on any atom is 0.276 e. The van der Waals surface area contributed by atoms with E-state index in [1.807, 2.05) is 37.3 Å². The van der Waals surface area contributed by atoms with E-state index >= 15 is 0 Å². The zero-order valence-corrected chi connectivity index (χ0v) is 18.1. The molecule has 0 aliphatic heterocycles. The van der Waals surface area contributed by atoms with Gasteiger partial charge in [0.2, 0.25) is 0 Å². The number of hydrazone groups is 1. The molecule has 0 unspecified atom stereocenters. The summed E-state index contributed by atoms with van der Waals surface area (Å²) in [6.45, 7) is 2.78. The van der Waals surface area contributed by atoms with Crippen LogP contribution in [-0.2, 0) is 16.6 Å². The molecule has 3 aromatic rings. The molecule has 3 rings (SSSR count). The summed E-state index contributed by atoms with van der Waals surface area (Å²) in [4.78, 5) is 2.30. The van der Waals surface area contributed by atoms with E-state index in [1.54, 1.807) is 37.4 Å². The van der Waals surface area contributed by atoms with Crippen LogP contribution in [0.2, 0.25) is 0 Å². The van der Waals surface area contributed by atoms with Gasteiger partial charge in [-0.1, -0.05) is 30.3 Å². The van der Waals surface area contributed by atoms with Gasteiger partial charge in [0.15, 0.2) is 11.5 Å². The first-order valence-corrected chi connectivity index (χ1v) is 11.1. The van der Waals surface area contributed by atoms with Crippen molar-refractivity contribution in [2.75, 3.05) is 13.7 Å². The van der Waals surface area contributed by atoms with Crippen molar-refractivity contribution in [2.45, 2.75) is 18.4 Å². The smallest absolute Gasteiger partial charge is 0.276 e. The van der Waals surface area contributed by atoms with Gasteiger partial charge in [0.25, 0.3) is 10.0 Å². The molecule has 0 aliphatic rings. The molecule has 0 radical (unpaired) electrons. The van der Waals surface area contributed by atoms with Gasteiger partial charge in [-0.25, -0.2) is 4.83 Å². The molecular weight excluding hydrogens is 416 g/mol. The predicted octanol–water partition coefficient (Wildman–Crippen LogP) is 3.99. The molecule has 31 heavy (non-hydrogen) atoms. The molecule has 0 amide bonds. The summed E-state index contributed by atoms with van der Waals surface area (Å²) < 4.78 is 41.3. The number of sulfonamides is 1. The van der Waals surface area contributed by atoms with E-state index in [0.29, 0.717) is 36.0 Å². The quantitative estimate of drug-likeness (QED) is 0.381. The fourth-order valence-corrected chi connectivity index (χ4v) is 3.51. The first-order valence-electron chi connectivity index (χ1n) is 9.64. The number of nitrogens with one attached hydrogen (secondary N) is 1. The van der Waals surface area contributed by atoms with Gasteiger partial charge in [-0.05, 0) is 60.5 Å². The van der Waals surface area contributed by atoms with E-state index in [1.165, 1.54) is 18.3 Å². The van der Waals surface area contributed by atoms with Crippen LogP contribution in [-0.4, -0.2) is 28.3 Å². The number of ether oxygens (including phenoxy) is 3. The molecule has 0 aliphatic carbocycles. The molecular formula is C23H24N2O5S. The summed E-state index contributed by atoms with van der Waals surface area (Å²) in [6, 6.07) is 21.2. The van der Waals surface area contributed by atoms with Crippen LogP contribution in [0, 0.1) is 0 Å². The number of nitrogens with zero attached hydrogens (tertiary/aromatic N) is 1. The molecule has 0 saturated heterocycles. The molecule has 1 N–H and O–H groups in total. The number of hydrogen-bond donors (Lipinski definition) is 1. The highest BCUT2D eigenvalue weighted by molar-refractivity contribution is 7.89. The Bertz CT molecular complexity index is 1110. The van der Waals surface area contributed by atoms with Crippen molar-refractivity contribution >= 4 is 16.2 Å². The number of benzene rings is 3. The van der Waals surface area contributed by atoms with E-state index in [0.717, 1.165) is 5.56 Å². The van der Waals surface area contributed by atoms with Gasteiger partial charge in [0.1, 0.15) is 12.4 Å². The largest absolute Gasteiger partial charge is 0.494 e. The third-order valence-electron chi connectivity index (χ3n) is 4.26. The maximum atomic E-state index is 12.4. The van der Waals surface area contributed by atoms with Crippen LogP contribution in [0.5, 0.6) is 17.2 Å². The Morgan fingerprint density at radius 1 is 0.935 bits per heavy atom. The lowest BCUT2D eigenvalue weighted by atomic mass is 10.2. The van der Waals surface area contributed by atoms with E-state index in [-0.39, 0.29) is 4.90 Å². The monoisotopic (exact) mass is 440 g/mol. The van der Waals surface area contributed by atoms with Gasteiger partial charge in [-0.3, -0.25) is 0 Å². The van der Waals surface area contributed by atoms with E-state index in [4.69, 9.17) is 14.2 Å². The van der Waals surface area contributed by atoms with Crippen LogP contribution in [0.1, 0.15) is 18.1 Å². The van der Waals surface area contributed by atoms with E-state index in [2.05, 4.69) is 9.93 Å². The highest BCUT2D eigenvalue weighted by Crippen LogP contribution is 2.28. The van der Waals surface area contributed by atoms with Gasteiger partial charge < -0.3 is 14.2 Å². The molecule has 0 heterocycles. The van der Waals surface area contributed by atoms with Gasteiger partial charge >= 0.3 is 0 Å². The number of methoxy groups -OCH3 is 1. The zero-order valence-electron chi connectivity index (χ0n) is 17.3. The number of hydrogen-bond acceptors (Lipinski definition) is 6. The minimum Gasteiger partial charge on any atom is -0.494 e. The molecule has 0 spiro atoms. The second kappa shape index (κ2) is 10.5. The van der Waals surface area contributed by atoms with Crippen LogP contribution in [0.4, 0.5) is 0 Å². The first-order chi connectivity index (χ1) is 15.0. The molecule has 3 aromatic carbocycles. The van der Waals surface area contributed by atoms with E-state index in [9.17, 15) is 8.42 Å². The summed E-state index contributed by atoms with van der Waals surface area (Å²) in [6.07, 6.45) is 1.40. The Balaban J connectivity index is 1.64. The summed E-state index contributed by atoms with van der Waals surface area (Å²) in [7, 11) is -2.24. The van der Waals surface area contributed by atoms with Crippen LogP contribution in [0.3, 0.4) is 0 Å². The first kappa shape index (κ1) is 22.2. The summed E-state index contributed by atoms with van der Waals surface area (Å²) in [5.41, 5.74) is 1.69. The minimum absolute atomic E-state index is 0.0929. The van der Waals surface area contributed by atoms with Crippen molar-refractivity contribution in [1.82, 2.24) is 4.83 Å². The van der Waals surface area contributed by atoms with Crippen LogP contribution in [0.25, 0.3) is 0 Å². The molecule has 0 fully saturated rings. The lowest BCUT2D eigenvalue weighted by Gasteiger charge is -2.11. The normalized spacial score (nSPS) is 11.3. The van der Waals surface area contributed by atoms with E-state index < -0.39 is 10.0 Å². The molecule has 0 atom stereocenters. The maximum absolute atomic E-state index is 12.4. The van der Waals surface area contributed by atoms with Crippen molar-refractivity contribution in [3.8, 4) is 17.2 Å². The van der Waals surface area contributed by atoms with Gasteiger partial charge in [0, 0.05) is 0 Å². The molecule has 0 aromatic heterocycles. The van der Waals surface area contributed by atoms with Gasteiger partial charge in [-0.15, -0.1) is 0 Å². The van der Waals surface area contributed by atoms with Crippen LogP contribution in [0.15, 0.2) is 82.8 Å². The second-order valence-corrected chi connectivity index (χ2v) is 8.10. The fraction of sp³-hybridized carbons (Fsp3) is 0.174. The fourth-order valence-electron chi connectivity index (χ4n) is 2.72. The predicted molar refractivity (Wildman–Crippen MR) is 119 cm³/mol. The highest BCUT2D eigenvalue weighted by atomic mass is 32.2. The molecule has 0 bridgehead atoms. The molecule has 8 heteroatoms. The average Bonchev–Trinajstić information content (AvgIpc) is 2.79. The van der Waals surface area contributed by atoms with Gasteiger partial charge in [0.05, 0.1) is 24.8 Å². The van der Waals surface area contributed by atoms with Crippen molar-refractivity contribution in [2.24, 2.45) is 5.10 Å². The topological polar surface area (TPSA) is 86.2 Å². The zero-order chi connectivity index (χ0) is 22.1. The molecule has 162 valence electrons. The summed E-state index contributed by atoms with van der Waals surface area (Å²) in [5, 5.41) is 3.86.